The maximum Gasteiger partial charge on any atom is 0.266 e. The Labute approximate surface area is 223 Å². The molecule has 4 N–H and O–H groups in total. The van der Waals surface area contributed by atoms with Gasteiger partial charge in [0.25, 0.3) is 5.91 Å². The van der Waals surface area contributed by atoms with Gasteiger partial charge in [0.2, 0.25) is 10.0 Å². The number of ether oxygens (including phenoxy) is 2. The van der Waals surface area contributed by atoms with Crippen LogP contribution in [0, 0.1) is 6.92 Å². The van der Waals surface area contributed by atoms with Gasteiger partial charge in [-0.25, -0.2) is 18.2 Å². The molecule has 208 valence electrons. The van der Waals surface area contributed by atoms with Crippen LogP contribution in [0.1, 0.15) is 42.7 Å². The van der Waals surface area contributed by atoms with Gasteiger partial charge in [0.15, 0.2) is 4.75 Å². The molecule has 2 aromatic rings. The van der Waals surface area contributed by atoms with Gasteiger partial charge in [-0.2, -0.15) is 0 Å². The molecule has 0 aliphatic carbocycles. The smallest absolute Gasteiger partial charge is 0.266 e. The highest BCUT2D eigenvalue weighted by atomic mass is 32.2. The van der Waals surface area contributed by atoms with Gasteiger partial charge in [-0.1, -0.05) is 30.3 Å². The van der Waals surface area contributed by atoms with Crippen molar-refractivity contribution in [1.29, 1.82) is 0 Å². The number of nitrogens with one attached hydrogen (secondary N) is 1. The number of carbonyl (C=O) groups excluding carboxylic acids is 1. The molecule has 2 aromatic carbocycles. The normalized spacial score (nSPS) is 19.6. The van der Waals surface area contributed by atoms with Gasteiger partial charge >= 0.3 is 0 Å². The van der Waals surface area contributed by atoms with Crippen LogP contribution in [0.4, 0.5) is 0 Å². The summed E-state index contributed by atoms with van der Waals surface area (Å²) in [6.07, 6.45) is 0.340. The Morgan fingerprint density at radius 2 is 1.89 bits per heavy atom. The second-order valence-electron chi connectivity index (χ2n) is 9.98. The maximum absolute atomic E-state index is 13.6. The lowest BCUT2D eigenvalue weighted by molar-refractivity contribution is -0.134. The summed E-state index contributed by atoms with van der Waals surface area (Å²) in [5.74, 6) is -0.112. The molecule has 2 aliphatic rings. The molecule has 2 fully saturated rings. The molecular formula is C27H36N2O8S. The third-order valence-electron chi connectivity index (χ3n) is 7.62. The van der Waals surface area contributed by atoms with E-state index in [1.807, 2.05) is 25.1 Å². The summed E-state index contributed by atoms with van der Waals surface area (Å²) in [5.41, 5.74) is 5.79. The summed E-state index contributed by atoms with van der Waals surface area (Å²) in [6, 6.07) is 13.8. The Hall–Kier alpha value is -2.54. The van der Waals surface area contributed by atoms with E-state index in [9.17, 15) is 23.5 Å². The number of hydroxylamine groups is 1. The van der Waals surface area contributed by atoms with Gasteiger partial charge in [-0.3, -0.25) is 10.0 Å². The average molecular weight is 549 g/mol. The molecular weight excluding hydrogens is 512 g/mol. The topological polar surface area (TPSA) is 146 Å². The van der Waals surface area contributed by atoms with E-state index in [1.54, 1.807) is 11.5 Å². The predicted molar refractivity (Wildman–Crippen MR) is 140 cm³/mol. The van der Waals surface area contributed by atoms with Crippen molar-refractivity contribution in [2.45, 2.75) is 49.4 Å². The standard InChI is InChI=1S/C27H36N2O8S/c1-19-15-21(5-6-25(19)22-3-2-4-24(16-22)37-18-23(31)17-30)20-7-11-29(12-8-20)38(34,35)27(26(32)28-33)9-13-36-14-10-27/h2-6,15-16,20,23,30-31,33H,7-14,17-18H2,1H3,(H,28,32). The molecule has 0 radical (unpaired) electrons. The zero-order chi connectivity index (χ0) is 27.3. The number of piperidine rings is 1. The summed E-state index contributed by atoms with van der Waals surface area (Å²) in [7, 11) is -3.99. The van der Waals surface area contributed by atoms with Crippen LogP contribution in [0.5, 0.6) is 5.75 Å². The summed E-state index contributed by atoms with van der Waals surface area (Å²) in [6.45, 7) is 2.57. The third kappa shape index (κ3) is 5.73. The molecule has 0 bridgehead atoms. The molecule has 11 heteroatoms. The van der Waals surface area contributed by atoms with E-state index >= 15 is 0 Å². The third-order valence-corrected chi connectivity index (χ3v) is 10.2. The first-order valence-corrected chi connectivity index (χ1v) is 14.3. The zero-order valence-corrected chi connectivity index (χ0v) is 22.3. The molecule has 0 aromatic heterocycles. The summed E-state index contributed by atoms with van der Waals surface area (Å²) >= 11 is 0. The number of amides is 1. The highest BCUT2D eigenvalue weighted by Crippen LogP contribution is 2.38. The van der Waals surface area contributed by atoms with Crippen LogP contribution < -0.4 is 10.2 Å². The molecule has 2 heterocycles. The Balaban J connectivity index is 1.45. The summed E-state index contributed by atoms with van der Waals surface area (Å²) in [4.78, 5) is 12.5. The summed E-state index contributed by atoms with van der Waals surface area (Å²) in [5, 5.41) is 27.8. The number of carbonyl (C=O) groups is 1. The van der Waals surface area contributed by atoms with Crippen molar-refractivity contribution in [2.75, 3.05) is 39.5 Å². The number of aryl methyl sites for hydroxylation is 1. The number of aliphatic hydroxyl groups excluding tert-OH is 2. The van der Waals surface area contributed by atoms with E-state index in [0.29, 0.717) is 31.7 Å². The van der Waals surface area contributed by atoms with Crippen LogP contribution in [0.25, 0.3) is 11.1 Å². The highest BCUT2D eigenvalue weighted by molar-refractivity contribution is 7.91. The van der Waals surface area contributed by atoms with Crippen LogP contribution >= 0.6 is 0 Å². The first kappa shape index (κ1) is 28.5. The second kappa shape index (κ2) is 12.1. The van der Waals surface area contributed by atoms with Crippen molar-refractivity contribution in [2.24, 2.45) is 0 Å². The van der Waals surface area contributed by atoms with Crippen LogP contribution in [-0.2, 0) is 19.6 Å². The highest BCUT2D eigenvalue weighted by Gasteiger charge is 2.54. The lowest BCUT2D eigenvalue weighted by Gasteiger charge is -2.40. The van der Waals surface area contributed by atoms with Crippen molar-refractivity contribution in [3.05, 3.63) is 53.6 Å². The van der Waals surface area contributed by atoms with Crippen molar-refractivity contribution < 1.29 is 38.1 Å². The molecule has 2 saturated heterocycles. The van der Waals surface area contributed by atoms with Gasteiger partial charge < -0.3 is 19.7 Å². The fourth-order valence-corrected chi connectivity index (χ4v) is 7.49. The first-order valence-electron chi connectivity index (χ1n) is 12.9. The minimum absolute atomic E-state index is 0.00581. The van der Waals surface area contributed by atoms with E-state index in [0.717, 1.165) is 22.3 Å². The summed E-state index contributed by atoms with van der Waals surface area (Å²) < 4.78 is 37.7. The zero-order valence-electron chi connectivity index (χ0n) is 21.5. The van der Waals surface area contributed by atoms with Gasteiger partial charge in [0, 0.05) is 39.1 Å². The number of rotatable bonds is 9. The molecule has 1 amide bonds. The lowest BCUT2D eigenvalue weighted by Crippen LogP contribution is -2.60. The van der Waals surface area contributed by atoms with Crippen LogP contribution in [0.15, 0.2) is 42.5 Å². The average Bonchev–Trinajstić information content (AvgIpc) is 2.95. The van der Waals surface area contributed by atoms with Crippen molar-refractivity contribution in [3.63, 3.8) is 0 Å². The van der Waals surface area contributed by atoms with Crippen molar-refractivity contribution >= 4 is 15.9 Å². The predicted octanol–water partition coefficient (Wildman–Crippen LogP) is 1.96. The van der Waals surface area contributed by atoms with Crippen LogP contribution in [0.3, 0.4) is 0 Å². The first-order chi connectivity index (χ1) is 18.2. The Kier molecular flexibility index (Phi) is 9.07. The van der Waals surface area contributed by atoms with E-state index < -0.39 is 26.8 Å². The Morgan fingerprint density at radius 3 is 2.53 bits per heavy atom. The molecule has 4 rings (SSSR count). The monoisotopic (exact) mass is 548 g/mol. The lowest BCUT2D eigenvalue weighted by atomic mass is 9.87. The fraction of sp³-hybridized carbons (Fsp3) is 0.519. The van der Waals surface area contributed by atoms with Crippen molar-refractivity contribution in [3.8, 4) is 16.9 Å². The minimum Gasteiger partial charge on any atom is -0.491 e. The van der Waals surface area contributed by atoms with Crippen LogP contribution in [-0.4, -0.2) is 84.4 Å². The largest absolute Gasteiger partial charge is 0.491 e. The maximum atomic E-state index is 13.6. The SMILES string of the molecule is Cc1cc(C2CCN(S(=O)(=O)C3(C(=O)NO)CCOCC3)CC2)ccc1-c1cccc(OCC(O)CO)c1. The van der Waals surface area contributed by atoms with Gasteiger partial charge in [0.1, 0.15) is 18.5 Å². The van der Waals surface area contributed by atoms with Gasteiger partial charge in [-0.15, -0.1) is 0 Å². The number of hydrogen-bond donors (Lipinski definition) is 4. The fourth-order valence-electron chi connectivity index (χ4n) is 5.35. The molecule has 1 unspecified atom stereocenters. The van der Waals surface area contributed by atoms with E-state index in [-0.39, 0.29) is 45.2 Å². The number of sulfonamides is 1. The van der Waals surface area contributed by atoms with Gasteiger partial charge in [-0.05, 0) is 60.1 Å². The van der Waals surface area contributed by atoms with Gasteiger partial charge in [0.05, 0.1) is 6.61 Å². The van der Waals surface area contributed by atoms with E-state index in [4.69, 9.17) is 14.6 Å². The number of benzene rings is 2. The van der Waals surface area contributed by atoms with Crippen molar-refractivity contribution in [1.82, 2.24) is 9.79 Å². The Bertz CT molecular complexity index is 1220. The van der Waals surface area contributed by atoms with E-state index in [2.05, 4.69) is 18.2 Å². The molecule has 0 spiro atoms. The molecule has 10 nitrogen and oxygen atoms in total. The number of hydrogen-bond acceptors (Lipinski definition) is 8. The minimum atomic E-state index is -3.99. The number of aliphatic hydroxyl groups is 2. The quantitative estimate of drug-likeness (QED) is 0.275. The van der Waals surface area contributed by atoms with E-state index in [1.165, 1.54) is 4.31 Å². The number of nitrogens with zero attached hydrogens (tertiary/aromatic N) is 1. The second-order valence-corrected chi connectivity index (χ2v) is 12.2. The molecule has 0 saturated carbocycles. The Morgan fingerprint density at radius 1 is 1.18 bits per heavy atom. The molecule has 1 atom stereocenters. The molecule has 38 heavy (non-hydrogen) atoms. The molecule has 2 aliphatic heterocycles. The van der Waals surface area contributed by atoms with Crippen LogP contribution in [0.2, 0.25) is 0 Å².